The molecule has 14 heteroatoms. The van der Waals surface area contributed by atoms with E-state index in [0.29, 0.717) is 24.4 Å². The highest BCUT2D eigenvalue weighted by molar-refractivity contribution is 5.92. The number of benzene rings is 3. The van der Waals surface area contributed by atoms with Gasteiger partial charge in [-0.2, -0.15) is 0 Å². The van der Waals surface area contributed by atoms with Crippen molar-refractivity contribution >= 4 is 45.5 Å². The van der Waals surface area contributed by atoms with E-state index in [1.165, 1.54) is 0 Å². The Morgan fingerprint density at radius 3 is 2.06 bits per heavy atom. The maximum Gasteiger partial charge on any atom is 0.246 e. The number of hydrogen-bond donors (Lipinski definition) is 4. The number of aromatic nitrogens is 8. The molecular formula is C48H52N12O2. The number of rotatable bonds is 12. The molecule has 2 aliphatic heterocycles. The van der Waals surface area contributed by atoms with Gasteiger partial charge in [-0.05, 0) is 108 Å². The minimum absolute atomic E-state index is 0.0331. The smallest absolute Gasteiger partial charge is 0.246 e. The first kappa shape index (κ1) is 39.4. The molecule has 5 atom stereocenters. The van der Waals surface area contributed by atoms with Crippen LogP contribution in [0.5, 0.6) is 0 Å². The minimum atomic E-state index is -0.463. The fourth-order valence-electron chi connectivity index (χ4n) is 9.97. The highest BCUT2D eigenvalue weighted by Gasteiger charge is 2.56. The molecule has 0 spiro atoms. The summed E-state index contributed by atoms with van der Waals surface area (Å²) in [6.45, 7) is 9.59. The number of nitrogens with zero attached hydrogens (tertiary/aromatic N) is 8. The van der Waals surface area contributed by atoms with E-state index in [0.717, 1.165) is 94.5 Å². The molecule has 3 fully saturated rings. The molecule has 14 nitrogen and oxygen atoms in total. The van der Waals surface area contributed by atoms with E-state index >= 15 is 0 Å². The normalized spacial score (nSPS) is 20.7. The van der Waals surface area contributed by atoms with Crippen molar-refractivity contribution in [3.8, 4) is 22.4 Å². The van der Waals surface area contributed by atoms with Crippen molar-refractivity contribution in [1.29, 1.82) is 0 Å². The Morgan fingerprint density at radius 2 is 1.39 bits per heavy atom. The van der Waals surface area contributed by atoms with Crippen molar-refractivity contribution in [2.24, 2.45) is 17.8 Å². The lowest BCUT2D eigenvalue weighted by atomic mass is 9.93. The molecule has 2 unspecified atom stereocenters. The number of fused-ring (bicyclic) bond motifs is 4. The average Bonchev–Trinajstić information content (AvgIpc) is 4.15. The number of carbonyl (C=O) groups is 2. The predicted molar refractivity (Wildman–Crippen MR) is 240 cm³/mol. The standard InChI is InChI=1S/C48H52N12O2/c1-28(2)40(57-46-49-17-6-18-50-46)43(61)59-21-5-8-39(59)42-54-36-14-13-34(24-37(36)55-42)32-9-10-33-23-35(12-11-31(33)22-32)38-26-53-45(56-38)48-16-15-30(25-48)27-60(48)44(62)41(29(3)4)58-47-51-19-7-20-52-47/h6-7,9-14,17-20,22-24,26,28-30,39-41H,5,8,15-16,21,25,27H2,1-4H3,(H,53,56)(H,54,55)(H,49,50,57)(H,51,52,58)/t30?,39-,40-,41-,48?/m0/s1. The van der Waals surface area contributed by atoms with Gasteiger partial charge in [-0.25, -0.2) is 29.9 Å². The third kappa shape index (κ3) is 7.20. The zero-order valence-corrected chi connectivity index (χ0v) is 35.5. The van der Waals surface area contributed by atoms with Gasteiger partial charge in [-0.1, -0.05) is 58.0 Å². The van der Waals surface area contributed by atoms with Gasteiger partial charge in [-0.15, -0.1) is 0 Å². The molecule has 6 heterocycles. The zero-order valence-electron chi connectivity index (χ0n) is 35.5. The number of H-pyrrole nitrogens is 2. The number of carbonyl (C=O) groups excluding carboxylic acids is 2. The molecule has 3 aromatic carbocycles. The number of likely N-dealkylation sites (tertiary alicyclic amines) is 2. The van der Waals surface area contributed by atoms with Crippen LogP contribution in [0.2, 0.25) is 0 Å². The number of imidazole rings is 2. The van der Waals surface area contributed by atoms with Crippen LogP contribution in [0.15, 0.2) is 97.7 Å². The van der Waals surface area contributed by atoms with Gasteiger partial charge in [0.1, 0.15) is 29.3 Å². The van der Waals surface area contributed by atoms with Crippen LogP contribution in [0.1, 0.15) is 77.5 Å². The molecule has 0 radical (unpaired) electrons. The number of amides is 2. The topological polar surface area (TPSA) is 174 Å². The van der Waals surface area contributed by atoms with Gasteiger partial charge < -0.3 is 30.4 Å². The molecule has 62 heavy (non-hydrogen) atoms. The Kier molecular flexibility index (Phi) is 10.2. The largest absolute Gasteiger partial charge is 0.346 e. The van der Waals surface area contributed by atoms with E-state index in [4.69, 9.17) is 9.97 Å². The first-order chi connectivity index (χ1) is 30.1. The second-order valence-electron chi connectivity index (χ2n) is 17.9. The van der Waals surface area contributed by atoms with Crippen LogP contribution in [0.3, 0.4) is 0 Å². The number of piperidine rings is 1. The van der Waals surface area contributed by atoms with Crippen molar-refractivity contribution < 1.29 is 9.59 Å². The molecular weight excluding hydrogens is 777 g/mol. The summed E-state index contributed by atoms with van der Waals surface area (Å²) in [5.74, 6) is 3.21. The van der Waals surface area contributed by atoms with Crippen LogP contribution in [0.4, 0.5) is 11.9 Å². The van der Waals surface area contributed by atoms with Gasteiger partial charge in [0, 0.05) is 49.6 Å². The van der Waals surface area contributed by atoms with Crippen LogP contribution in [0, 0.1) is 17.8 Å². The summed E-state index contributed by atoms with van der Waals surface area (Å²) in [7, 11) is 0. The molecule has 1 aliphatic carbocycles. The van der Waals surface area contributed by atoms with Crippen LogP contribution >= 0.6 is 0 Å². The molecule has 1 saturated carbocycles. The van der Waals surface area contributed by atoms with E-state index in [9.17, 15) is 9.59 Å². The van der Waals surface area contributed by atoms with Crippen molar-refractivity contribution in [3.63, 3.8) is 0 Å². The van der Waals surface area contributed by atoms with Crippen molar-refractivity contribution in [2.45, 2.75) is 83.5 Å². The molecule has 4 N–H and O–H groups in total. The molecule has 10 rings (SSSR count). The summed E-state index contributed by atoms with van der Waals surface area (Å²) in [5, 5.41) is 8.82. The Bertz CT molecular complexity index is 2750. The van der Waals surface area contributed by atoms with Gasteiger partial charge in [0.2, 0.25) is 23.7 Å². The average molecular weight is 829 g/mol. The fourth-order valence-corrected chi connectivity index (χ4v) is 9.97. The van der Waals surface area contributed by atoms with E-state index in [1.54, 1.807) is 36.9 Å². The Labute approximate surface area is 360 Å². The van der Waals surface area contributed by atoms with Crippen LogP contribution in [0.25, 0.3) is 44.2 Å². The molecule has 316 valence electrons. The second-order valence-corrected chi connectivity index (χ2v) is 17.9. The summed E-state index contributed by atoms with van der Waals surface area (Å²) in [6, 6.07) is 21.8. The van der Waals surface area contributed by atoms with Gasteiger partial charge in [0.05, 0.1) is 22.8 Å². The monoisotopic (exact) mass is 828 g/mol. The van der Waals surface area contributed by atoms with Gasteiger partial charge in [0.25, 0.3) is 0 Å². The predicted octanol–water partition coefficient (Wildman–Crippen LogP) is 8.13. The van der Waals surface area contributed by atoms with E-state index in [-0.39, 0.29) is 29.7 Å². The minimum Gasteiger partial charge on any atom is -0.346 e. The number of hydrogen-bond acceptors (Lipinski definition) is 10. The Hall–Kier alpha value is -6.70. The van der Waals surface area contributed by atoms with E-state index in [1.807, 2.05) is 24.9 Å². The maximum atomic E-state index is 14.3. The lowest BCUT2D eigenvalue weighted by Crippen LogP contribution is -2.53. The molecule has 2 bridgehead atoms. The SMILES string of the molecule is CC(C)[C@H](Nc1ncccn1)C(=O)N1CCC[C@H]1c1nc2cc(-c3ccc4cc(-c5c[nH]c(C67CCC(CN6C(=O)[C@@H](Nc6ncccn6)C(C)C)C7)n5)ccc4c3)ccc2[nH]1. The van der Waals surface area contributed by atoms with E-state index < -0.39 is 17.6 Å². The molecule has 2 saturated heterocycles. The summed E-state index contributed by atoms with van der Waals surface area (Å²) >= 11 is 0. The number of nitrogens with one attached hydrogen (secondary N) is 4. The van der Waals surface area contributed by atoms with Gasteiger partial charge >= 0.3 is 0 Å². The quantitative estimate of drug-likeness (QED) is 0.0942. The van der Waals surface area contributed by atoms with Crippen molar-refractivity contribution in [2.75, 3.05) is 23.7 Å². The Morgan fingerprint density at radius 1 is 0.758 bits per heavy atom. The third-order valence-electron chi connectivity index (χ3n) is 13.2. The first-order valence-corrected chi connectivity index (χ1v) is 21.9. The summed E-state index contributed by atoms with van der Waals surface area (Å²) in [6.07, 6.45) is 13.3. The lowest BCUT2D eigenvalue weighted by Gasteiger charge is -2.40. The Balaban J connectivity index is 0.862. The lowest BCUT2D eigenvalue weighted by molar-refractivity contribution is -0.139. The third-order valence-corrected chi connectivity index (χ3v) is 13.2. The highest BCUT2D eigenvalue weighted by atomic mass is 16.2. The summed E-state index contributed by atoms with van der Waals surface area (Å²) in [4.78, 5) is 66.9. The van der Waals surface area contributed by atoms with Crippen LogP contribution < -0.4 is 10.6 Å². The van der Waals surface area contributed by atoms with Crippen LogP contribution in [-0.4, -0.2) is 86.7 Å². The van der Waals surface area contributed by atoms with Crippen molar-refractivity contribution in [1.82, 2.24) is 49.7 Å². The van der Waals surface area contributed by atoms with Gasteiger partial charge in [0.15, 0.2) is 0 Å². The van der Waals surface area contributed by atoms with E-state index in [2.05, 4.69) is 114 Å². The van der Waals surface area contributed by atoms with Gasteiger partial charge in [-0.3, -0.25) is 9.59 Å². The maximum absolute atomic E-state index is 14.3. The summed E-state index contributed by atoms with van der Waals surface area (Å²) in [5.41, 5.74) is 5.40. The van der Waals surface area contributed by atoms with Crippen molar-refractivity contribution in [3.05, 3.63) is 109 Å². The number of anilines is 2. The molecule has 7 aromatic rings. The molecule has 2 amide bonds. The second kappa shape index (κ2) is 16.0. The molecule has 4 aromatic heterocycles. The molecule has 3 aliphatic rings. The van der Waals surface area contributed by atoms with Crippen LogP contribution in [-0.2, 0) is 15.1 Å². The number of aromatic amines is 2. The summed E-state index contributed by atoms with van der Waals surface area (Å²) < 4.78 is 0. The zero-order chi connectivity index (χ0) is 42.5. The highest BCUT2D eigenvalue weighted by Crippen LogP contribution is 2.52. The fraction of sp³-hybridized carbons (Fsp3) is 0.375. The first-order valence-electron chi connectivity index (χ1n) is 21.9.